The van der Waals surface area contributed by atoms with Crippen LogP contribution >= 0.6 is 12.6 Å². The van der Waals surface area contributed by atoms with E-state index < -0.39 is 0 Å². The molecule has 0 aliphatic carbocycles. The predicted molar refractivity (Wildman–Crippen MR) is 70.7 cm³/mol. The number of hydrogen-bond acceptors (Lipinski definition) is 3. The zero-order valence-electron chi connectivity index (χ0n) is 9.72. The highest BCUT2D eigenvalue weighted by molar-refractivity contribution is 7.80. The van der Waals surface area contributed by atoms with Crippen molar-refractivity contribution in [3.8, 4) is 0 Å². The van der Waals surface area contributed by atoms with Crippen LogP contribution in [-0.4, -0.2) is 20.0 Å². The minimum absolute atomic E-state index is 0.308. The van der Waals surface area contributed by atoms with E-state index in [9.17, 15) is 0 Å². The van der Waals surface area contributed by atoms with Crippen LogP contribution in [0.3, 0.4) is 0 Å². The second-order valence-electron chi connectivity index (χ2n) is 3.35. The van der Waals surface area contributed by atoms with E-state index in [1.54, 1.807) is 14.2 Å². The highest BCUT2D eigenvalue weighted by Crippen LogP contribution is 2.22. The van der Waals surface area contributed by atoms with Gasteiger partial charge in [-0.15, -0.1) is 0 Å². The van der Waals surface area contributed by atoms with Gasteiger partial charge < -0.3 is 9.47 Å². The SMILES string of the molecule is COC(OC)c1ccccc1C=CCCS. The van der Waals surface area contributed by atoms with Crippen molar-refractivity contribution in [1.29, 1.82) is 0 Å². The van der Waals surface area contributed by atoms with Crippen molar-refractivity contribution in [3.05, 3.63) is 41.5 Å². The van der Waals surface area contributed by atoms with Crippen LogP contribution in [0.4, 0.5) is 0 Å². The Bertz CT molecular complexity index is 332. The molecule has 0 N–H and O–H groups in total. The van der Waals surface area contributed by atoms with Crippen molar-refractivity contribution in [2.24, 2.45) is 0 Å². The Kier molecular flexibility index (Phi) is 6.23. The molecule has 2 nitrogen and oxygen atoms in total. The number of thiol groups is 1. The van der Waals surface area contributed by atoms with Gasteiger partial charge in [0, 0.05) is 19.8 Å². The van der Waals surface area contributed by atoms with E-state index in [4.69, 9.17) is 9.47 Å². The molecule has 0 spiro atoms. The molecule has 88 valence electrons. The van der Waals surface area contributed by atoms with Gasteiger partial charge in [-0.3, -0.25) is 0 Å². The standard InChI is InChI=1S/C13H18O2S/c1-14-13(15-2)12-9-4-3-7-11(12)8-5-6-10-16/h3-5,7-9,13,16H,6,10H2,1-2H3. The molecule has 16 heavy (non-hydrogen) atoms. The van der Waals surface area contributed by atoms with Crippen molar-refractivity contribution >= 4 is 18.7 Å². The Morgan fingerprint density at radius 3 is 2.56 bits per heavy atom. The number of rotatable bonds is 6. The Labute approximate surface area is 103 Å². The molecule has 0 fully saturated rings. The van der Waals surface area contributed by atoms with E-state index in [0.29, 0.717) is 0 Å². The van der Waals surface area contributed by atoms with Crippen LogP contribution < -0.4 is 0 Å². The molecule has 0 amide bonds. The Hall–Kier alpha value is -0.770. The molecule has 0 atom stereocenters. The van der Waals surface area contributed by atoms with E-state index in [-0.39, 0.29) is 6.29 Å². The normalized spacial score (nSPS) is 11.5. The van der Waals surface area contributed by atoms with Gasteiger partial charge in [0.15, 0.2) is 6.29 Å². The Balaban J connectivity index is 2.90. The number of methoxy groups -OCH3 is 2. The number of benzene rings is 1. The van der Waals surface area contributed by atoms with Gasteiger partial charge in [0.25, 0.3) is 0 Å². The lowest BCUT2D eigenvalue weighted by Gasteiger charge is -2.15. The molecule has 0 aromatic heterocycles. The lowest BCUT2D eigenvalue weighted by atomic mass is 10.1. The van der Waals surface area contributed by atoms with Crippen molar-refractivity contribution < 1.29 is 9.47 Å². The summed E-state index contributed by atoms with van der Waals surface area (Å²) in [5.74, 6) is 0.858. The molecule has 1 aromatic rings. The molecule has 3 heteroatoms. The smallest absolute Gasteiger partial charge is 0.183 e. The topological polar surface area (TPSA) is 18.5 Å². The minimum Gasteiger partial charge on any atom is -0.352 e. The van der Waals surface area contributed by atoms with Crippen LogP contribution in [0.1, 0.15) is 23.8 Å². The van der Waals surface area contributed by atoms with Crippen molar-refractivity contribution in [2.75, 3.05) is 20.0 Å². The highest BCUT2D eigenvalue weighted by Gasteiger charge is 2.11. The zero-order chi connectivity index (χ0) is 11.8. The van der Waals surface area contributed by atoms with Crippen LogP contribution in [0.5, 0.6) is 0 Å². The maximum atomic E-state index is 5.26. The third kappa shape index (κ3) is 3.67. The summed E-state index contributed by atoms with van der Waals surface area (Å²) >= 11 is 4.17. The van der Waals surface area contributed by atoms with Gasteiger partial charge in [0.05, 0.1) is 0 Å². The molecular formula is C13H18O2S. The zero-order valence-corrected chi connectivity index (χ0v) is 10.6. The molecule has 0 radical (unpaired) electrons. The maximum absolute atomic E-state index is 5.26. The van der Waals surface area contributed by atoms with Crippen LogP contribution in [0.25, 0.3) is 6.08 Å². The lowest BCUT2D eigenvalue weighted by molar-refractivity contribution is -0.106. The van der Waals surface area contributed by atoms with E-state index in [2.05, 4.69) is 30.8 Å². The monoisotopic (exact) mass is 238 g/mol. The first-order valence-corrected chi connectivity index (χ1v) is 5.88. The Morgan fingerprint density at radius 2 is 1.94 bits per heavy atom. The minimum atomic E-state index is -0.308. The maximum Gasteiger partial charge on any atom is 0.183 e. The first-order valence-electron chi connectivity index (χ1n) is 5.25. The largest absolute Gasteiger partial charge is 0.352 e. The van der Waals surface area contributed by atoms with Gasteiger partial charge in [-0.2, -0.15) is 12.6 Å². The molecule has 0 unspecified atom stereocenters. The highest BCUT2D eigenvalue weighted by atomic mass is 32.1. The average molecular weight is 238 g/mol. The summed E-state index contributed by atoms with van der Waals surface area (Å²) in [5.41, 5.74) is 2.17. The number of ether oxygens (including phenoxy) is 2. The van der Waals surface area contributed by atoms with Crippen LogP contribution in [0.2, 0.25) is 0 Å². The first-order chi connectivity index (χ1) is 7.83. The van der Waals surface area contributed by atoms with Gasteiger partial charge in [0.1, 0.15) is 0 Å². The second-order valence-corrected chi connectivity index (χ2v) is 3.79. The van der Waals surface area contributed by atoms with Gasteiger partial charge in [-0.1, -0.05) is 36.4 Å². The molecule has 1 aromatic carbocycles. The Morgan fingerprint density at radius 1 is 1.25 bits per heavy atom. The third-order valence-corrected chi connectivity index (χ3v) is 2.53. The fourth-order valence-corrected chi connectivity index (χ4v) is 1.66. The van der Waals surface area contributed by atoms with Crippen molar-refractivity contribution in [1.82, 2.24) is 0 Å². The number of allylic oxidation sites excluding steroid dienone is 1. The molecule has 0 bridgehead atoms. The van der Waals surface area contributed by atoms with E-state index in [0.717, 1.165) is 23.3 Å². The van der Waals surface area contributed by atoms with Crippen LogP contribution in [-0.2, 0) is 9.47 Å². The fourth-order valence-electron chi connectivity index (χ4n) is 1.51. The molecule has 0 saturated heterocycles. The summed E-state index contributed by atoms with van der Waals surface area (Å²) < 4.78 is 10.5. The molecule has 1 rings (SSSR count). The van der Waals surface area contributed by atoms with Gasteiger partial charge in [0.2, 0.25) is 0 Å². The average Bonchev–Trinajstić information content (AvgIpc) is 2.33. The summed E-state index contributed by atoms with van der Waals surface area (Å²) in [4.78, 5) is 0. The summed E-state index contributed by atoms with van der Waals surface area (Å²) in [6.07, 6.45) is 4.84. The predicted octanol–water partition coefficient (Wildman–Crippen LogP) is 3.31. The summed E-state index contributed by atoms with van der Waals surface area (Å²) in [5, 5.41) is 0. The van der Waals surface area contributed by atoms with E-state index in [1.165, 1.54) is 0 Å². The molecule has 0 aliphatic rings. The third-order valence-electron chi connectivity index (χ3n) is 2.27. The van der Waals surface area contributed by atoms with Gasteiger partial charge in [-0.05, 0) is 17.7 Å². The molecule has 0 aliphatic heterocycles. The quantitative estimate of drug-likeness (QED) is 0.605. The summed E-state index contributed by atoms with van der Waals surface area (Å²) in [6.45, 7) is 0. The lowest BCUT2D eigenvalue weighted by Crippen LogP contribution is -2.05. The number of hydrogen-bond donors (Lipinski definition) is 1. The summed E-state index contributed by atoms with van der Waals surface area (Å²) in [6, 6.07) is 8.05. The molecular weight excluding hydrogens is 220 g/mol. The van der Waals surface area contributed by atoms with Crippen LogP contribution in [0, 0.1) is 0 Å². The van der Waals surface area contributed by atoms with Crippen molar-refractivity contribution in [3.63, 3.8) is 0 Å². The van der Waals surface area contributed by atoms with Gasteiger partial charge in [-0.25, -0.2) is 0 Å². The van der Waals surface area contributed by atoms with E-state index >= 15 is 0 Å². The fraction of sp³-hybridized carbons (Fsp3) is 0.385. The van der Waals surface area contributed by atoms with Gasteiger partial charge >= 0.3 is 0 Å². The molecule has 0 heterocycles. The second kappa shape index (κ2) is 7.49. The van der Waals surface area contributed by atoms with Crippen molar-refractivity contribution in [2.45, 2.75) is 12.7 Å². The van der Waals surface area contributed by atoms with Crippen LogP contribution in [0.15, 0.2) is 30.3 Å². The van der Waals surface area contributed by atoms with E-state index in [1.807, 2.05) is 18.2 Å². The summed E-state index contributed by atoms with van der Waals surface area (Å²) in [7, 11) is 3.28. The molecule has 0 saturated carbocycles. The first kappa shape index (κ1) is 13.3.